The SMILES string of the molecule is CCS(=O)(=O)N1CC2(C1)[C@@H](c1ccccc1)[C@H](CO)N2Cc1ccccn1. The molecule has 2 aromatic rings. The van der Waals surface area contributed by atoms with E-state index in [-0.39, 0.29) is 29.9 Å². The van der Waals surface area contributed by atoms with Crippen LogP contribution in [0.15, 0.2) is 54.7 Å². The van der Waals surface area contributed by atoms with Crippen molar-refractivity contribution in [1.82, 2.24) is 14.2 Å². The molecule has 2 fully saturated rings. The number of hydrogen-bond acceptors (Lipinski definition) is 5. The van der Waals surface area contributed by atoms with Gasteiger partial charge in [0.15, 0.2) is 0 Å². The minimum absolute atomic E-state index is 0.0364. The molecule has 0 bridgehead atoms. The van der Waals surface area contributed by atoms with Gasteiger partial charge in [-0.1, -0.05) is 36.4 Å². The number of pyridine rings is 1. The van der Waals surface area contributed by atoms with E-state index in [2.05, 4.69) is 22.0 Å². The fraction of sp³-hybridized carbons (Fsp3) is 0.450. The quantitative estimate of drug-likeness (QED) is 0.812. The van der Waals surface area contributed by atoms with Gasteiger partial charge in [0.2, 0.25) is 10.0 Å². The lowest BCUT2D eigenvalue weighted by Crippen LogP contribution is -2.84. The second kappa shape index (κ2) is 6.98. The predicted molar refractivity (Wildman–Crippen MR) is 104 cm³/mol. The average molecular weight is 388 g/mol. The summed E-state index contributed by atoms with van der Waals surface area (Å²) in [5.41, 5.74) is 1.80. The van der Waals surface area contributed by atoms with Gasteiger partial charge in [0.25, 0.3) is 0 Å². The Morgan fingerprint density at radius 1 is 1.15 bits per heavy atom. The van der Waals surface area contributed by atoms with E-state index >= 15 is 0 Å². The number of nitrogens with zero attached hydrogens (tertiary/aromatic N) is 3. The van der Waals surface area contributed by atoms with Crippen LogP contribution in [0.25, 0.3) is 0 Å². The molecule has 7 heteroatoms. The Balaban J connectivity index is 1.66. The van der Waals surface area contributed by atoms with Gasteiger partial charge in [-0.05, 0) is 24.6 Å². The van der Waals surface area contributed by atoms with Crippen molar-refractivity contribution in [2.24, 2.45) is 0 Å². The maximum atomic E-state index is 12.3. The van der Waals surface area contributed by atoms with Crippen LogP contribution < -0.4 is 0 Å². The van der Waals surface area contributed by atoms with E-state index < -0.39 is 10.0 Å². The van der Waals surface area contributed by atoms with Crippen molar-refractivity contribution < 1.29 is 13.5 Å². The normalized spacial score (nSPS) is 25.1. The summed E-state index contributed by atoms with van der Waals surface area (Å²) in [6.45, 7) is 3.25. The third kappa shape index (κ3) is 2.99. The molecule has 0 saturated carbocycles. The van der Waals surface area contributed by atoms with Crippen molar-refractivity contribution in [2.75, 3.05) is 25.4 Å². The number of aliphatic hydroxyl groups excluding tert-OH is 1. The van der Waals surface area contributed by atoms with E-state index in [1.165, 1.54) is 0 Å². The monoisotopic (exact) mass is 387 g/mol. The fourth-order valence-corrected chi connectivity index (χ4v) is 5.83. The van der Waals surface area contributed by atoms with Crippen molar-refractivity contribution in [3.05, 3.63) is 66.0 Å². The van der Waals surface area contributed by atoms with Gasteiger partial charge in [-0.2, -0.15) is 4.31 Å². The summed E-state index contributed by atoms with van der Waals surface area (Å²) in [6.07, 6.45) is 1.76. The second-order valence-electron chi connectivity index (χ2n) is 7.36. The van der Waals surface area contributed by atoms with E-state index in [1.807, 2.05) is 36.4 Å². The van der Waals surface area contributed by atoms with Crippen LogP contribution in [0.3, 0.4) is 0 Å². The minimum Gasteiger partial charge on any atom is -0.395 e. The van der Waals surface area contributed by atoms with Gasteiger partial charge in [0, 0.05) is 37.8 Å². The summed E-state index contributed by atoms with van der Waals surface area (Å²) in [6, 6.07) is 15.9. The zero-order valence-electron chi connectivity index (χ0n) is 15.4. The van der Waals surface area contributed by atoms with Crippen molar-refractivity contribution in [1.29, 1.82) is 0 Å². The van der Waals surface area contributed by atoms with E-state index in [0.29, 0.717) is 19.6 Å². The van der Waals surface area contributed by atoms with Gasteiger partial charge in [-0.15, -0.1) is 0 Å². The summed E-state index contributed by atoms with van der Waals surface area (Å²) in [5.74, 6) is 0.221. The molecule has 0 radical (unpaired) electrons. The standard InChI is InChI=1S/C20H25N3O3S/c1-2-27(25,26)22-14-20(15-22)19(16-8-4-3-5-9-16)18(13-24)23(20)12-17-10-6-7-11-21-17/h3-11,18-19,24H,2,12-15H2,1H3/t18-,19-/m0/s1. The number of benzene rings is 1. The van der Waals surface area contributed by atoms with Crippen LogP contribution >= 0.6 is 0 Å². The third-order valence-corrected chi connectivity index (χ3v) is 7.77. The molecule has 0 unspecified atom stereocenters. The van der Waals surface area contributed by atoms with E-state index in [9.17, 15) is 13.5 Å². The zero-order valence-corrected chi connectivity index (χ0v) is 16.2. The number of aromatic nitrogens is 1. The Labute approximate surface area is 160 Å². The van der Waals surface area contributed by atoms with Gasteiger partial charge < -0.3 is 5.11 Å². The molecule has 0 aliphatic carbocycles. The summed E-state index contributed by atoms with van der Waals surface area (Å²) >= 11 is 0. The summed E-state index contributed by atoms with van der Waals surface area (Å²) in [7, 11) is -3.21. The first kappa shape index (κ1) is 18.6. The summed E-state index contributed by atoms with van der Waals surface area (Å²) in [5, 5.41) is 10.1. The van der Waals surface area contributed by atoms with Crippen LogP contribution in [0, 0.1) is 0 Å². The first-order valence-corrected chi connectivity index (χ1v) is 10.9. The summed E-state index contributed by atoms with van der Waals surface area (Å²) in [4.78, 5) is 6.66. The lowest BCUT2D eigenvalue weighted by molar-refractivity contribution is -0.176. The molecular weight excluding hydrogens is 362 g/mol. The molecule has 6 nitrogen and oxygen atoms in total. The molecule has 2 saturated heterocycles. The topological polar surface area (TPSA) is 73.7 Å². The van der Waals surface area contributed by atoms with Gasteiger partial charge in [-0.3, -0.25) is 9.88 Å². The second-order valence-corrected chi connectivity index (χ2v) is 9.62. The number of hydrogen-bond donors (Lipinski definition) is 1. The molecule has 1 aromatic heterocycles. The minimum atomic E-state index is -3.21. The number of likely N-dealkylation sites (tertiary alicyclic amines) is 1. The fourth-order valence-electron chi connectivity index (χ4n) is 4.62. The summed E-state index contributed by atoms with van der Waals surface area (Å²) < 4.78 is 26.2. The molecule has 2 aliphatic heterocycles. The first-order chi connectivity index (χ1) is 13.0. The predicted octanol–water partition coefficient (Wildman–Crippen LogP) is 1.45. The van der Waals surface area contributed by atoms with Crippen LogP contribution in [0.1, 0.15) is 24.1 Å². The highest BCUT2D eigenvalue weighted by Gasteiger charge is 2.66. The smallest absolute Gasteiger partial charge is 0.213 e. The third-order valence-electron chi connectivity index (χ3n) is 6.00. The van der Waals surface area contributed by atoms with Crippen molar-refractivity contribution in [3.63, 3.8) is 0 Å². The number of aliphatic hydroxyl groups is 1. The van der Waals surface area contributed by atoms with Gasteiger partial charge in [0.1, 0.15) is 0 Å². The Bertz CT molecular complexity index is 883. The Hall–Kier alpha value is -1.80. The van der Waals surface area contributed by atoms with Crippen LogP contribution in [0.5, 0.6) is 0 Å². The highest BCUT2D eigenvalue weighted by atomic mass is 32.2. The highest BCUT2D eigenvalue weighted by Crippen LogP contribution is 2.54. The Kier molecular flexibility index (Phi) is 4.80. The molecule has 2 atom stereocenters. The van der Waals surface area contributed by atoms with Crippen molar-refractivity contribution in [2.45, 2.75) is 31.0 Å². The Morgan fingerprint density at radius 3 is 2.44 bits per heavy atom. The molecule has 144 valence electrons. The first-order valence-electron chi connectivity index (χ1n) is 9.32. The molecule has 1 aromatic carbocycles. The molecule has 27 heavy (non-hydrogen) atoms. The van der Waals surface area contributed by atoms with Crippen molar-refractivity contribution in [3.8, 4) is 0 Å². The van der Waals surface area contributed by atoms with Crippen LogP contribution in [-0.2, 0) is 16.6 Å². The maximum absolute atomic E-state index is 12.3. The molecule has 1 N–H and O–H groups in total. The highest BCUT2D eigenvalue weighted by molar-refractivity contribution is 7.89. The van der Waals surface area contributed by atoms with E-state index in [1.54, 1.807) is 17.4 Å². The molecular formula is C20H25N3O3S. The van der Waals surface area contributed by atoms with Crippen LogP contribution in [-0.4, -0.2) is 64.7 Å². The molecule has 2 aliphatic rings. The average Bonchev–Trinajstić information content (AvgIpc) is 2.65. The molecule has 4 rings (SSSR count). The van der Waals surface area contributed by atoms with Gasteiger partial charge in [-0.25, -0.2) is 8.42 Å². The van der Waals surface area contributed by atoms with Gasteiger partial charge in [0.05, 0.1) is 23.6 Å². The molecule has 3 heterocycles. The zero-order chi connectivity index (χ0) is 19.1. The largest absolute Gasteiger partial charge is 0.395 e. The van der Waals surface area contributed by atoms with Crippen LogP contribution in [0.4, 0.5) is 0 Å². The van der Waals surface area contributed by atoms with E-state index in [0.717, 1.165) is 11.3 Å². The Morgan fingerprint density at radius 2 is 1.85 bits per heavy atom. The lowest BCUT2D eigenvalue weighted by atomic mass is 9.61. The maximum Gasteiger partial charge on any atom is 0.213 e. The molecule has 1 spiro atoms. The molecule has 0 amide bonds. The van der Waals surface area contributed by atoms with Gasteiger partial charge >= 0.3 is 0 Å². The van der Waals surface area contributed by atoms with Crippen molar-refractivity contribution >= 4 is 10.0 Å². The number of sulfonamides is 1. The lowest BCUT2D eigenvalue weighted by Gasteiger charge is -2.70. The van der Waals surface area contributed by atoms with Crippen LogP contribution in [0.2, 0.25) is 0 Å². The van der Waals surface area contributed by atoms with E-state index in [4.69, 9.17) is 0 Å². The number of rotatable bonds is 6.